The van der Waals surface area contributed by atoms with Gasteiger partial charge in [0.1, 0.15) is 11.5 Å². The minimum atomic E-state index is -1.07. The Balaban J connectivity index is 2.10. The average molecular weight is 260 g/mol. The number of anilines is 1. The van der Waals surface area contributed by atoms with E-state index in [2.05, 4.69) is 10.3 Å². The number of aromatic nitrogens is 1. The Morgan fingerprint density at radius 2 is 2.16 bits per heavy atom. The Morgan fingerprint density at radius 1 is 1.37 bits per heavy atom. The second kappa shape index (κ2) is 5.48. The van der Waals surface area contributed by atoms with E-state index in [1.165, 1.54) is 18.2 Å². The van der Waals surface area contributed by atoms with Crippen LogP contribution in [0.1, 0.15) is 21.7 Å². The summed E-state index contributed by atoms with van der Waals surface area (Å²) in [7, 11) is 0. The number of rotatable bonds is 4. The highest BCUT2D eigenvalue weighted by molar-refractivity contribution is 5.85. The zero-order chi connectivity index (χ0) is 13.8. The minimum Gasteiger partial charge on any atom is -0.477 e. The number of carbonyl (C=O) groups is 1. The topological polar surface area (TPSA) is 62.2 Å². The molecule has 1 aromatic heterocycles. The van der Waals surface area contributed by atoms with Gasteiger partial charge in [0.2, 0.25) is 0 Å². The van der Waals surface area contributed by atoms with Crippen LogP contribution in [0.2, 0.25) is 0 Å². The van der Waals surface area contributed by atoms with Gasteiger partial charge in [0, 0.05) is 5.69 Å². The number of nitrogens with zero attached hydrogens (tertiary/aromatic N) is 1. The summed E-state index contributed by atoms with van der Waals surface area (Å²) in [5, 5.41) is 11.8. The van der Waals surface area contributed by atoms with E-state index in [1.54, 1.807) is 19.1 Å². The van der Waals surface area contributed by atoms with Crippen molar-refractivity contribution in [3.05, 3.63) is 59.2 Å². The van der Waals surface area contributed by atoms with E-state index in [4.69, 9.17) is 5.11 Å². The van der Waals surface area contributed by atoms with Crippen LogP contribution in [0.5, 0.6) is 0 Å². The van der Waals surface area contributed by atoms with Crippen LogP contribution in [-0.4, -0.2) is 16.1 Å². The lowest BCUT2D eigenvalue weighted by Gasteiger charge is -2.07. The first kappa shape index (κ1) is 13.0. The Morgan fingerprint density at radius 3 is 2.84 bits per heavy atom. The molecule has 0 fully saturated rings. The van der Waals surface area contributed by atoms with Crippen molar-refractivity contribution in [2.75, 3.05) is 5.32 Å². The number of nitrogens with one attached hydrogen (secondary N) is 1. The first-order chi connectivity index (χ1) is 9.04. The molecular weight excluding hydrogens is 247 g/mol. The summed E-state index contributed by atoms with van der Waals surface area (Å²) in [6.07, 6.45) is 0. The average Bonchev–Trinajstić information content (AvgIpc) is 2.35. The second-order valence-corrected chi connectivity index (χ2v) is 4.19. The maximum absolute atomic E-state index is 13.2. The summed E-state index contributed by atoms with van der Waals surface area (Å²) in [5.41, 5.74) is 2.03. The first-order valence-electron chi connectivity index (χ1n) is 5.75. The fourth-order valence-electron chi connectivity index (χ4n) is 1.73. The third-order valence-corrected chi connectivity index (χ3v) is 2.54. The van der Waals surface area contributed by atoms with E-state index in [1.807, 2.05) is 6.07 Å². The maximum atomic E-state index is 13.2. The molecule has 1 aromatic carbocycles. The fourth-order valence-corrected chi connectivity index (χ4v) is 1.73. The summed E-state index contributed by atoms with van der Waals surface area (Å²) in [4.78, 5) is 14.8. The van der Waals surface area contributed by atoms with Crippen LogP contribution in [0, 0.1) is 12.7 Å². The van der Waals surface area contributed by atoms with Crippen LogP contribution < -0.4 is 5.32 Å². The van der Waals surface area contributed by atoms with Gasteiger partial charge in [0.15, 0.2) is 0 Å². The maximum Gasteiger partial charge on any atom is 0.354 e. The molecule has 2 aromatic rings. The number of carboxylic acids is 1. The number of halogens is 1. The molecule has 4 nitrogen and oxygen atoms in total. The molecule has 98 valence electrons. The highest BCUT2D eigenvalue weighted by atomic mass is 19.1. The molecule has 0 aliphatic heterocycles. The van der Waals surface area contributed by atoms with Crippen molar-refractivity contribution in [1.29, 1.82) is 0 Å². The molecule has 0 aliphatic rings. The molecular formula is C14H13FN2O2. The molecule has 19 heavy (non-hydrogen) atoms. The van der Waals surface area contributed by atoms with Crippen molar-refractivity contribution in [1.82, 2.24) is 4.98 Å². The van der Waals surface area contributed by atoms with E-state index in [-0.39, 0.29) is 11.5 Å². The Bertz CT molecular complexity index is 594. The SMILES string of the molecule is Cc1cc(F)cc(NCc2cccc(C(=O)O)n2)c1. The summed E-state index contributed by atoms with van der Waals surface area (Å²) >= 11 is 0. The number of benzene rings is 1. The van der Waals surface area contributed by atoms with Crippen LogP contribution in [-0.2, 0) is 6.54 Å². The van der Waals surface area contributed by atoms with E-state index in [9.17, 15) is 9.18 Å². The third-order valence-electron chi connectivity index (χ3n) is 2.54. The number of aromatic carboxylic acids is 1. The van der Waals surface area contributed by atoms with Crippen LogP contribution in [0.4, 0.5) is 10.1 Å². The molecule has 0 saturated carbocycles. The number of carboxylic acid groups (broad SMARTS) is 1. The van der Waals surface area contributed by atoms with Gasteiger partial charge in [-0.15, -0.1) is 0 Å². The van der Waals surface area contributed by atoms with E-state index in [0.717, 1.165) is 5.56 Å². The molecule has 2 rings (SSSR count). The Kier molecular flexibility index (Phi) is 3.75. The van der Waals surface area contributed by atoms with Gasteiger partial charge in [-0.3, -0.25) is 0 Å². The summed E-state index contributed by atoms with van der Waals surface area (Å²) in [6.45, 7) is 2.14. The van der Waals surface area contributed by atoms with Crippen molar-refractivity contribution >= 4 is 11.7 Å². The highest BCUT2D eigenvalue weighted by Gasteiger charge is 2.05. The van der Waals surface area contributed by atoms with Gasteiger partial charge in [-0.05, 0) is 42.8 Å². The molecule has 0 amide bonds. The van der Waals surface area contributed by atoms with Crippen molar-refractivity contribution in [3.8, 4) is 0 Å². The Hall–Kier alpha value is -2.43. The van der Waals surface area contributed by atoms with Gasteiger partial charge in [0.25, 0.3) is 0 Å². The van der Waals surface area contributed by atoms with Gasteiger partial charge in [0.05, 0.1) is 12.2 Å². The lowest BCUT2D eigenvalue weighted by molar-refractivity contribution is 0.0690. The fraction of sp³-hybridized carbons (Fsp3) is 0.143. The van der Waals surface area contributed by atoms with E-state index < -0.39 is 5.97 Å². The monoisotopic (exact) mass is 260 g/mol. The lowest BCUT2D eigenvalue weighted by Crippen LogP contribution is -2.06. The number of hydrogen-bond acceptors (Lipinski definition) is 3. The molecule has 0 saturated heterocycles. The van der Waals surface area contributed by atoms with E-state index >= 15 is 0 Å². The smallest absolute Gasteiger partial charge is 0.354 e. The molecule has 0 bridgehead atoms. The second-order valence-electron chi connectivity index (χ2n) is 4.19. The normalized spacial score (nSPS) is 10.2. The lowest BCUT2D eigenvalue weighted by atomic mass is 10.2. The van der Waals surface area contributed by atoms with Crippen molar-refractivity contribution in [3.63, 3.8) is 0 Å². The summed E-state index contributed by atoms with van der Waals surface area (Å²) in [6, 6.07) is 9.40. The standard InChI is InChI=1S/C14H13FN2O2/c1-9-5-10(15)7-12(6-9)16-8-11-3-2-4-13(17-11)14(18)19/h2-7,16H,8H2,1H3,(H,18,19). The third kappa shape index (κ3) is 3.51. The van der Waals surface area contributed by atoms with Gasteiger partial charge in [-0.25, -0.2) is 14.2 Å². The molecule has 1 heterocycles. The number of hydrogen-bond donors (Lipinski definition) is 2. The van der Waals surface area contributed by atoms with Crippen molar-refractivity contribution in [2.45, 2.75) is 13.5 Å². The number of aryl methyl sites for hydroxylation is 1. The largest absolute Gasteiger partial charge is 0.477 e. The zero-order valence-electron chi connectivity index (χ0n) is 10.4. The van der Waals surface area contributed by atoms with E-state index in [0.29, 0.717) is 17.9 Å². The Labute approximate surface area is 109 Å². The van der Waals surface area contributed by atoms with Crippen LogP contribution >= 0.6 is 0 Å². The molecule has 5 heteroatoms. The molecule has 2 N–H and O–H groups in total. The predicted molar refractivity (Wildman–Crippen MR) is 69.7 cm³/mol. The van der Waals surface area contributed by atoms with Crippen LogP contribution in [0.3, 0.4) is 0 Å². The summed E-state index contributed by atoms with van der Waals surface area (Å²) < 4.78 is 13.2. The van der Waals surface area contributed by atoms with Crippen molar-refractivity contribution in [2.24, 2.45) is 0 Å². The zero-order valence-corrected chi connectivity index (χ0v) is 10.4. The van der Waals surface area contributed by atoms with Gasteiger partial charge in [-0.2, -0.15) is 0 Å². The predicted octanol–water partition coefficient (Wildman–Crippen LogP) is 2.84. The first-order valence-corrected chi connectivity index (χ1v) is 5.75. The van der Waals surface area contributed by atoms with Gasteiger partial charge in [-0.1, -0.05) is 6.07 Å². The quantitative estimate of drug-likeness (QED) is 0.887. The minimum absolute atomic E-state index is 0.00489. The molecule has 0 unspecified atom stereocenters. The number of pyridine rings is 1. The van der Waals surface area contributed by atoms with Gasteiger partial charge < -0.3 is 10.4 Å². The van der Waals surface area contributed by atoms with Gasteiger partial charge >= 0.3 is 5.97 Å². The highest BCUT2D eigenvalue weighted by Crippen LogP contribution is 2.14. The molecule has 0 spiro atoms. The van der Waals surface area contributed by atoms with Crippen molar-refractivity contribution < 1.29 is 14.3 Å². The van der Waals surface area contributed by atoms with Crippen LogP contribution in [0.25, 0.3) is 0 Å². The molecule has 0 atom stereocenters. The van der Waals surface area contributed by atoms with Crippen LogP contribution in [0.15, 0.2) is 36.4 Å². The molecule has 0 radical (unpaired) electrons. The molecule has 0 aliphatic carbocycles. The summed E-state index contributed by atoms with van der Waals surface area (Å²) in [5.74, 6) is -1.38.